The van der Waals surface area contributed by atoms with E-state index in [0.29, 0.717) is 12.0 Å². The molecule has 1 unspecified atom stereocenters. The predicted molar refractivity (Wildman–Crippen MR) is 157 cm³/mol. The van der Waals surface area contributed by atoms with Crippen LogP contribution in [-0.2, 0) is 33.3 Å². The summed E-state index contributed by atoms with van der Waals surface area (Å²) >= 11 is 0. The quantitative estimate of drug-likeness (QED) is 0.177. The van der Waals surface area contributed by atoms with Crippen molar-refractivity contribution in [3.05, 3.63) is 132 Å². The maximum Gasteiger partial charge on any atom is 0.325 e. The Morgan fingerprint density at radius 1 is 0.850 bits per heavy atom. The molecule has 0 N–H and O–H groups in total. The van der Waals surface area contributed by atoms with Crippen LogP contribution in [0.4, 0.5) is 4.39 Å². The third-order valence-corrected chi connectivity index (χ3v) is 8.40. The Balaban J connectivity index is 1.73. The van der Waals surface area contributed by atoms with Gasteiger partial charge in [-0.25, -0.2) is 8.60 Å². The topological polar surface area (TPSA) is 48.3 Å². The molecule has 0 aliphatic carbocycles. The van der Waals surface area contributed by atoms with Crippen molar-refractivity contribution in [3.8, 4) is 22.4 Å². The molecule has 0 fully saturated rings. The summed E-state index contributed by atoms with van der Waals surface area (Å²) in [7, 11) is -1.37. The fourth-order valence-electron chi connectivity index (χ4n) is 5.08. The monoisotopic (exact) mass is 551 g/mol. The Hall–Kier alpha value is -4.29. The minimum absolute atomic E-state index is 0.0110. The fraction of sp³-hybridized carbons (Fsp3) is 0.147. The molecule has 0 spiro atoms. The minimum Gasteiger partial charge on any atom is -0.465 e. The van der Waals surface area contributed by atoms with Gasteiger partial charge >= 0.3 is 5.97 Å². The second-order valence-electron chi connectivity index (χ2n) is 9.42. The van der Waals surface area contributed by atoms with Gasteiger partial charge in [0.2, 0.25) is 0 Å². The third-order valence-electron chi connectivity index (χ3n) is 6.90. The summed E-state index contributed by atoms with van der Waals surface area (Å²) in [5.74, 6) is -0.724. The largest absolute Gasteiger partial charge is 0.465 e. The van der Waals surface area contributed by atoms with Crippen molar-refractivity contribution >= 4 is 16.8 Å². The van der Waals surface area contributed by atoms with Gasteiger partial charge in [0.15, 0.2) is 0 Å². The van der Waals surface area contributed by atoms with Crippen molar-refractivity contribution in [2.75, 3.05) is 6.61 Å². The van der Waals surface area contributed by atoms with Crippen molar-refractivity contribution in [3.63, 3.8) is 0 Å². The lowest BCUT2D eigenvalue weighted by molar-refractivity contribution is -0.143. The highest BCUT2D eigenvalue weighted by Gasteiger charge is 2.26. The molecular formula is C34H30FNO3S. The van der Waals surface area contributed by atoms with E-state index in [0.717, 1.165) is 43.4 Å². The molecule has 1 heterocycles. The molecule has 5 aromatic rings. The van der Waals surface area contributed by atoms with Crippen molar-refractivity contribution in [2.45, 2.75) is 36.6 Å². The number of carbonyl (C=O) groups excluding carboxylic acids is 1. The molecule has 0 saturated carbocycles. The molecule has 6 heteroatoms. The van der Waals surface area contributed by atoms with Crippen molar-refractivity contribution in [1.29, 1.82) is 0 Å². The molecule has 5 rings (SSSR count). The standard InChI is InChI=1S/C34H30FNO3S/c1-3-39-32(37)23-36-24(2)30(22-26-15-10-11-20-31(26)40(38)29-18-8-5-9-19-29)33(25-13-6-4-7-14-25)34(36)27-16-12-17-28(35)21-27/h4-21H,3,22-23H2,1-2H3. The molecule has 0 amide bonds. The molecule has 202 valence electrons. The number of ether oxygens (including phenoxy) is 1. The summed E-state index contributed by atoms with van der Waals surface area (Å²) in [6.45, 7) is 4.01. The molecule has 4 nitrogen and oxygen atoms in total. The van der Waals surface area contributed by atoms with Gasteiger partial charge in [0, 0.05) is 33.0 Å². The van der Waals surface area contributed by atoms with Gasteiger partial charge in [-0.15, -0.1) is 0 Å². The molecule has 0 radical (unpaired) electrons. The minimum atomic E-state index is -1.37. The second-order valence-corrected chi connectivity index (χ2v) is 10.9. The normalized spacial score (nSPS) is 11.8. The van der Waals surface area contributed by atoms with Crippen molar-refractivity contribution < 1.29 is 18.1 Å². The molecule has 4 aromatic carbocycles. The molecule has 40 heavy (non-hydrogen) atoms. The molecule has 0 aliphatic rings. The first-order valence-corrected chi connectivity index (χ1v) is 14.4. The van der Waals surface area contributed by atoms with Gasteiger partial charge < -0.3 is 9.30 Å². The van der Waals surface area contributed by atoms with Gasteiger partial charge in [-0.2, -0.15) is 0 Å². The number of rotatable bonds is 9. The van der Waals surface area contributed by atoms with Gasteiger partial charge in [0.1, 0.15) is 12.4 Å². The third kappa shape index (κ3) is 5.68. The first kappa shape index (κ1) is 27.3. The zero-order chi connectivity index (χ0) is 28.1. The highest BCUT2D eigenvalue weighted by molar-refractivity contribution is 7.85. The van der Waals surface area contributed by atoms with E-state index in [2.05, 4.69) is 0 Å². The van der Waals surface area contributed by atoms with E-state index < -0.39 is 10.8 Å². The number of hydrogen-bond donors (Lipinski definition) is 0. The summed E-state index contributed by atoms with van der Waals surface area (Å²) in [5.41, 5.74) is 6.03. The Labute approximate surface area is 236 Å². The average Bonchev–Trinajstić information content (AvgIpc) is 3.24. The highest BCUT2D eigenvalue weighted by atomic mass is 32.2. The Bertz CT molecular complexity index is 1660. The number of esters is 1. The first-order valence-electron chi connectivity index (χ1n) is 13.2. The van der Waals surface area contributed by atoms with Gasteiger partial charge in [-0.05, 0) is 60.9 Å². The summed E-state index contributed by atoms with van der Waals surface area (Å²) in [5, 5.41) is 0. The van der Waals surface area contributed by atoms with E-state index in [1.807, 2.05) is 102 Å². The van der Waals surface area contributed by atoms with Crippen LogP contribution in [0.2, 0.25) is 0 Å². The summed E-state index contributed by atoms with van der Waals surface area (Å²) in [6, 6.07) is 33.5. The average molecular weight is 552 g/mol. The lowest BCUT2D eigenvalue weighted by atomic mass is 9.93. The molecule has 1 atom stereocenters. The number of halogens is 1. The van der Waals surface area contributed by atoms with Crippen LogP contribution in [0.25, 0.3) is 22.4 Å². The summed E-state index contributed by atoms with van der Waals surface area (Å²) in [6.07, 6.45) is 0.475. The maximum atomic E-state index is 14.5. The lowest BCUT2D eigenvalue weighted by Gasteiger charge is -2.13. The van der Waals surface area contributed by atoms with Crippen LogP contribution in [0.3, 0.4) is 0 Å². The van der Waals surface area contributed by atoms with Gasteiger partial charge in [-0.3, -0.25) is 4.79 Å². The van der Waals surface area contributed by atoms with E-state index in [9.17, 15) is 13.4 Å². The molecule has 0 saturated heterocycles. The number of carbonyl (C=O) groups is 1. The number of nitrogens with zero attached hydrogens (tertiary/aromatic N) is 1. The zero-order valence-corrected chi connectivity index (χ0v) is 23.3. The van der Waals surface area contributed by atoms with Crippen molar-refractivity contribution in [1.82, 2.24) is 4.57 Å². The fourth-order valence-corrected chi connectivity index (χ4v) is 6.32. The van der Waals surface area contributed by atoms with E-state index in [-0.39, 0.29) is 24.9 Å². The van der Waals surface area contributed by atoms with Crippen LogP contribution in [0, 0.1) is 12.7 Å². The molecular weight excluding hydrogens is 521 g/mol. The molecule has 0 bridgehead atoms. The zero-order valence-electron chi connectivity index (χ0n) is 22.5. The molecule has 1 aromatic heterocycles. The van der Waals surface area contributed by atoms with Gasteiger partial charge in [-0.1, -0.05) is 78.9 Å². The molecule has 0 aliphatic heterocycles. The van der Waals surface area contributed by atoms with Crippen LogP contribution in [-0.4, -0.2) is 21.4 Å². The Morgan fingerprint density at radius 3 is 2.20 bits per heavy atom. The van der Waals surface area contributed by atoms with Crippen LogP contribution < -0.4 is 0 Å². The first-order chi connectivity index (χ1) is 19.5. The van der Waals surface area contributed by atoms with Crippen LogP contribution in [0.1, 0.15) is 23.7 Å². The number of benzene rings is 4. The van der Waals surface area contributed by atoms with Gasteiger partial charge in [0.25, 0.3) is 0 Å². The Kier molecular flexibility index (Phi) is 8.37. The summed E-state index contributed by atoms with van der Waals surface area (Å²) < 4.78 is 35.4. The van der Waals surface area contributed by atoms with E-state index in [4.69, 9.17) is 4.74 Å². The van der Waals surface area contributed by atoms with Crippen molar-refractivity contribution in [2.24, 2.45) is 0 Å². The smallest absolute Gasteiger partial charge is 0.325 e. The van der Waals surface area contributed by atoms with E-state index >= 15 is 0 Å². The number of aromatic nitrogens is 1. The predicted octanol–water partition coefficient (Wildman–Crippen LogP) is 7.59. The number of hydrogen-bond acceptors (Lipinski definition) is 3. The van der Waals surface area contributed by atoms with Gasteiger partial charge in [0.05, 0.1) is 23.1 Å². The second kappa shape index (κ2) is 12.3. The van der Waals surface area contributed by atoms with Crippen LogP contribution >= 0.6 is 0 Å². The SMILES string of the molecule is CCOC(=O)Cn1c(C)c(Cc2ccccc2S(=O)c2ccccc2)c(-c2ccccc2)c1-c1cccc(F)c1. The lowest BCUT2D eigenvalue weighted by Crippen LogP contribution is -2.15. The summed E-state index contributed by atoms with van der Waals surface area (Å²) in [4.78, 5) is 14.2. The van der Waals surface area contributed by atoms with E-state index in [1.165, 1.54) is 12.1 Å². The van der Waals surface area contributed by atoms with Crippen LogP contribution in [0.5, 0.6) is 0 Å². The van der Waals surface area contributed by atoms with Crippen LogP contribution in [0.15, 0.2) is 119 Å². The maximum absolute atomic E-state index is 14.5. The van der Waals surface area contributed by atoms with E-state index in [1.54, 1.807) is 13.0 Å². The highest BCUT2D eigenvalue weighted by Crippen LogP contribution is 2.41. The Morgan fingerprint density at radius 2 is 1.50 bits per heavy atom.